The molecule has 76 valence electrons. The zero-order chi connectivity index (χ0) is 10.8. The Hall–Kier alpha value is -0.610. The molecule has 3 nitrogen and oxygen atoms in total. The minimum Gasteiger partial charge on any atom is -0.322 e. The molecule has 0 unspecified atom stereocenters. The van der Waals surface area contributed by atoms with Gasteiger partial charge in [-0.05, 0) is 26.0 Å². The largest absolute Gasteiger partial charge is 0.322 e. The van der Waals surface area contributed by atoms with Crippen molar-refractivity contribution in [1.82, 2.24) is 4.98 Å². The number of pyridine rings is 1. The number of nitrogens with one attached hydrogen (secondary N) is 1. The van der Waals surface area contributed by atoms with Gasteiger partial charge < -0.3 is 5.32 Å². The molecule has 0 saturated carbocycles. The van der Waals surface area contributed by atoms with Gasteiger partial charge in [0.1, 0.15) is 0 Å². The second-order valence-electron chi connectivity index (χ2n) is 3.27. The standard InChI is InChI=1S/C9H10BrClN2O/c1-9(2,10)8(14)13-6-4-3-5-12-7(6)11/h3-5H,1-2H3,(H,13,14). The summed E-state index contributed by atoms with van der Waals surface area (Å²) in [4.78, 5) is 15.4. The van der Waals surface area contributed by atoms with Crippen molar-refractivity contribution in [3.63, 3.8) is 0 Å². The molecule has 1 heterocycles. The first kappa shape index (κ1) is 11.5. The maximum absolute atomic E-state index is 11.5. The van der Waals surface area contributed by atoms with E-state index in [-0.39, 0.29) is 11.1 Å². The minimum absolute atomic E-state index is 0.160. The summed E-state index contributed by atoms with van der Waals surface area (Å²) in [5, 5.41) is 2.96. The van der Waals surface area contributed by atoms with Crippen LogP contribution in [0.5, 0.6) is 0 Å². The van der Waals surface area contributed by atoms with Crippen LogP contribution in [0.4, 0.5) is 5.69 Å². The summed E-state index contributed by atoms with van der Waals surface area (Å²) in [5.41, 5.74) is 0.520. The summed E-state index contributed by atoms with van der Waals surface area (Å²) in [5.74, 6) is -0.160. The smallest absolute Gasteiger partial charge is 0.240 e. The molecule has 0 saturated heterocycles. The summed E-state index contributed by atoms with van der Waals surface area (Å²) in [7, 11) is 0. The predicted molar refractivity (Wildman–Crippen MR) is 60.9 cm³/mol. The molecule has 0 fully saturated rings. The maximum atomic E-state index is 11.5. The summed E-state index contributed by atoms with van der Waals surface area (Å²) in [6.45, 7) is 3.51. The predicted octanol–water partition coefficient (Wildman–Crippen LogP) is 2.85. The normalized spacial score (nSPS) is 11.1. The third kappa shape index (κ3) is 2.96. The highest BCUT2D eigenvalue weighted by atomic mass is 79.9. The Morgan fingerprint density at radius 3 is 2.79 bits per heavy atom. The first-order valence-electron chi connectivity index (χ1n) is 4.02. The Bertz CT molecular complexity index is 349. The average Bonchev–Trinajstić information content (AvgIpc) is 2.07. The number of halogens is 2. The van der Waals surface area contributed by atoms with Crippen molar-refractivity contribution in [2.75, 3.05) is 5.32 Å². The zero-order valence-corrected chi connectivity index (χ0v) is 10.2. The van der Waals surface area contributed by atoms with Gasteiger partial charge >= 0.3 is 0 Å². The number of rotatable bonds is 2. The van der Waals surface area contributed by atoms with E-state index < -0.39 is 4.32 Å². The first-order chi connectivity index (χ1) is 6.41. The van der Waals surface area contributed by atoms with Crippen LogP contribution in [0.15, 0.2) is 18.3 Å². The molecule has 0 bridgehead atoms. The fourth-order valence-corrected chi connectivity index (χ4v) is 1.02. The van der Waals surface area contributed by atoms with Gasteiger partial charge in [-0.25, -0.2) is 4.98 Å². The summed E-state index contributed by atoms with van der Waals surface area (Å²) < 4.78 is -0.619. The molecule has 0 atom stereocenters. The average molecular weight is 278 g/mol. The second-order valence-corrected chi connectivity index (χ2v) is 5.61. The van der Waals surface area contributed by atoms with Crippen LogP contribution in [0.25, 0.3) is 0 Å². The molecular formula is C9H10BrClN2O. The van der Waals surface area contributed by atoms with Crippen molar-refractivity contribution in [1.29, 1.82) is 0 Å². The Morgan fingerprint density at radius 1 is 1.64 bits per heavy atom. The van der Waals surface area contributed by atoms with Crippen LogP contribution in [-0.4, -0.2) is 15.2 Å². The molecular weight excluding hydrogens is 267 g/mol. The van der Waals surface area contributed by atoms with Crippen molar-refractivity contribution in [2.45, 2.75) is 18.2 Å². The molecule has 0 aliphatic carbocycles. The molecule has 1 N–H and O–H groups in total. The highest BCUT2D eigenvalue weighted by molar-refractivity contribution is 9.10. The van der Waals surface area contributed by atoms with Gasteiger partial charge in [0.2, 0.25) is 5.91 Å². The van der Waals surface area contributed by atoms with Gasteiger partial charge in [-0.2, -0.15) is 0 Å². The maximum Gasteiger partial charge on any atom is 0.240 e. The number of hydrogen-bond donors (Lipinski definition) is 1. The van der Waals surface area contributed by atoms with E-state index in [0.717, 1.165) is 0 Å². The van der Waals surface area contributed by atoms with E-state index in [4.69, 9.17) is 11.6 Å². The fourth-order valence-electron chi connectivity index (χ4n) is 0.750. The lowest BCUT2D eigenvalue weighted by molar-refractivity contribution is -0.117. The fraction of sp³-hybridized carbons (Fsp3) is 0.333. The minimum atomic E-state index is -0.619. The summed E-state index contributed by atoms with van der Waals surface area (Å²) >= 11 is 9.03. The van der Waals surface area contributed by atoms with E-state index >= 15 is 0 Å². The van der Waals surface area contributed by atoms with E-state index in [1.54, 1.807) is 32.2 Å². The molecule has 1 aromatic heterocycles. The number of hydrogen-bond acceptors (Lipinski definition) is 2. The van der Waals surface area contributed by atoms with Crippen LogP contribution >= 0.6 is 27.5 Å². The third-order valence-electron chi connectivity index (χ3n) is 1.55. The van der Waals surface area contributed by atoms with Gasteiger partial charge in [0.05, 0.1) is 10.0 Å². The molecule has 0 aliphatic heterocycles. The number of anilines is 1. The molecule has 1 rings (SSSR count). The summed E-state index contributed by atoms with van der Waals surface area (Å²) in [6.07, 6.45) is 1.57. The molecule has 0 spiro atoms. The lowest BCUT2D eigenvalue weighted by atomic mass is 10.2. The number of amides is 1. The molecule has 0 aromatic carbocycles. The highest BCUT2D eigenvalue weighted by Crippen LogP contribution is 2.22. The van der Waals surface area contributed by atoms with Gasteiger partial charge in [0, 0.05) is 6.20 Å². The van der Waals surface area contributed by atoms with E-state index in [1.165, 1.54) is 0 Å². The van der Waals surface area contributed by atoms with Crippen molar-refractivity contribution >= 4 is 39.1 Å². The number of aromatic nitrogens is 1. The van der Waals surface area contributed by atoms with E-state index in [0.29, 0.717) is 5.69 Å². The molecule has 5 heteroatoms. The highest BCUT2D eigenvalue weighted by Gasteiger charge is 2.24. The van der Waals surface area contributed by atoms with Crippen LogP contribution in [0.1, 0.15) is 13.8 Å². The van der Waals surface area contributed by atoms with E-state index in [9.17, 15) is 4.79 Å². The lowest BCUT2D eigenvalue weighted by Gasteiger charge is -2.15. The van der Waals surface area contributed by atoms with Crippen molar-refractivity contribution in [3.05, 3.63) is 23.5 Å². The second kappa shape index (κ2) is 4.28. The van der Waals surface area contributed by atoms with Crippen LogP contribution in [0.2, 0.25) is 5.15 Å². The Labute approximate surface area is 96.0 Å². The van der Waals surface area contributed by atoms with E-state index in [2.05, 4.69) is 26.2 Å². The Kier molecular flexibility index (Phi) is 3.50. The van der Waals surface area contributed by atoms with Gasteiger partial charge in [0.25, 0.3) is 0 Å². The Balaban J connectivity index is 2.80. The first-order valence-corrected chi connectivity index (χ1v) is 5.19. The van der Waals surface area contributed by atoms with Crippen molar-refractivity contribution < 1.29 is 4.79 Å². The summed E-state index contributed by atoms with van der Waals surface area (Å²) in [6, 6.07) is 3.41. The number of alkyl halides is 1. The number of carbonyl (C=O) groups excluding carboxylic acids is 1. The topological polar surface area (TPSA) is 42.0 Å². The van der Waals surface area contributed by atoms with Crippen LogP contribution in [0.3, 0.4) is 0 Å². The zero-order valence-electron chi connectivity index (χ0n) is 7.84. The van der Waals surface area contributed by atoms with Gasteiger partial charge in [-0.1, -0.05) is 27.5 Å². The Morgan fingerprint density at radius 2 is 2.29 bits per heavy atom. The number of nitrogens with zero attached hydrogens (tertiary/aromatic N) is 1. The van der Waals surface area contributed by atoms with Crippen molar-refractivity contribution in [3.8, 4) is 0 Å². The quantitative estimate of drug-likeness (QED) is 0.667. The lowest BCUT2D eigenvalue weighted by Crippen LogP contribution is -2.31. The molecule has 0 aliphatic rings. The van der Waals surface area contributed by atoms with Crippen LogP contribution < -0.4 is 5.32 Å². The third-order valence-corrected chi connectivity index (χ3v) is 2.21. The van der Waals surface area contributed by atoms with Gasteiger partial charge in [-0.15, -0.1) is 0 Å². The van der Waals surface area contributed by atoms with E-state index in [1.807, 2.05) is 0 Å². The monoisotopic (exact) mass is 276 g/mol. The SMILES string of the molecule is CC(C)(Br)C(=O)Nc1cccnc1Cl. The molecule has 0 radical (unpaired) electrons. The van der Waals surface area contributed by atoms with Crippen molar-refractivity contribution in [2.24, 2.45) is 0 Å². The molecule has 14 heavy (non-hydrogen) atoms. The number of carbonyl (C=O) groups is 1. The van der Waals surface area contributed by atoms with Gasteiger partial charge in [0.15, 0.2) is 5.15 Å². The molecule has 1 aromatic rings. The van der Waals surface area contributed by atoms with Crippen LogP contribution in [-0.2, 0) is 4.79 Å². The van der Waals surface area contributed by atoms with Gasteiger partial charge in [-0.3, -0.25) is 4.79 Å². The molecule has 1 amide bonds. The van der Waals surface area contributed by atoms with Crippen LogP contribution in [0, 0.1) is 0 Å².